The number of hydrogen-bond donors (Lipinski definition) is 1. The zero-order chi connectivity index (χ0) is 24.5. The summed E-state index contributed by atoms with van der Waals surface area (Å²) in [6, 6.07) is 6.80. The first-order valence-electron chi connectivity index (χ1n) is 12.7. The van der Waals surface area contributed by atoms with Crippen LogP contribution in [0.15, 0.2) is 35.9 Å². The quantitative estimate of drug-likeness (QED) is 0.504. The predicted octanol–water partition coefficient (Wildman–Crippen LogP) is 3.95. The Morgan fingerprint density at radius 3 is 2.50 bits per heavy atom. The molecule has 4 rings (SSSR count). The van der Waals surface area contributed by atoms with Gasteiger partial charge in [-0.25, -0.2) is 4.39 Å². The predicted molar refractivity (Wildman–Crippen MR) is 130 cm³/mol. The van der Waals surface area contributed by atoms with E-state index < -0.39 is 11.7 Å². The summed E-state index contributed by atoms with van der Waals surface area (Å²) in [7, 11) is 0. The van der Waals surface area contributed by atoms with Crippen molar-refractivity contribution in [3.8, 4) is 0 Å². The third kappa shape index (κ3) is 5.55. The maximum Gasteiger partial charge on any atom is 0.303 e. The molecule has 2 aliphatic carbocycles. The molecular formula is C28H39FN2O3. The van der Waals surface area contributed by atoms with Crippen molar-refractivity contribution >= 4 is 5.97 Å². The number of esters is 1. The molecule has 1 saturated carbocycles. The second kappa shape index (κ2) is 10.5. The van der Waals surface area contributed by atoms with Crippen LogP contribution in [0, 0.1) is 35.9 Å². The molecule has 1 aliphatic heterocycles. The first-order chi connectivity index (χ1) is 16.2. The summed E-state index contributed by atoms with van der Waals surface area (Å²) in [6.45, 7) is 13.7. The summed E-state index contributed by atoms with van der Waals surface area (Å²) in [6.07, 6.45) is 6.90. The number of benzene rings is 1. The zero-order valence-corrected chi connectivity index (χ0v) is 21.0. The molecule has 0 amide bonds. The highest BCUT2D eigenvalue weighted by Gasteiger charge is 2.53. The lowest BCUT2D eigenvalue weighted by Gasteiger charge is -2.53. The fraction of sp³-hybridized carbons (Fsp3) is 0.643. The molecule has 1 N–H and O–H groups in total. The Balaban J connectivity index is 1.35. The first kappa shape index (κ1) is 25.3. The summed E-state index contributed by atoms with van der Waals surface area (Å²) in [5.41, 5.74) is 1.05. The number of carbonyl (C=O) groups is 1. The molecule has 5 nitrogen and oxygen atoms in total. The number of carbonyl (C=O) groups excluding carboxylic acids is 1. The molecular weight excluding hydrogens is 431 g/mol. The average Bonchev–Trinajstić information content (AvgIpc) is 2.78. The Bertz CT molecular complexity index is 880. The van der Waals surface area contributed by atoms with Crippen molar-refractivity contribution in [1.82, 2.24) is 9.80 Å². The molecule has 186 valence electrons. The third-order valence-corrected chi connectivity index (χ3v) is 8.22. The van der Waals surface area contributed by atoms with Crippen LogP contribution in [-0.4, -0.2) is 65.3 Å². The third-order valence-electron chi connectivity index (χ3n) is 8.22. The maximum absolute atomic E-state index is 13.2. The van der Waals surface area contributed by atoms with E-state index in [-0.39, 0.29) is 23.6 Å². The largest absolute Gasteiger partial charge is 0.457 e. The van der Waals surface area contributed by atoms with Gasteiger partial charge >= 0.3 is 5.97 Å². The van der Waals surface area contributed by atoms with Gasteiger partial charge < -0.3 is 14.7 Å². The maximum atomic E-state index is 13.2. The minimum Gasteiger partial charge on any atom is -0.457 e. The van der Waals surface area contributed by atoms with E-state index in [9.17, 15) is 14.3 Å². The SMILES string of the molecule is CC(=O)O[C@@H]1[C][C@@]2(O)[C@H](C)CC[C@@H]([C@H](C)CN3CCN(Cc4ccc(F)cc4)CC3)[C@H]2C=C1C. The Hall–Kier alpha value is -1.76. The molecule has 1 heterocycles. The number of rotatable bonds is 6. The van der Waals surface area contributed by atoms with Crippen molar-refractivity contribution in [2.75, 3.05) is 32.7 Å². The number of aliphatic hydroxyl groups is 1. The zero-order valence-electron chi connectivity index (χ0n) is 21.0. The number of hydrogen-bond acceptors (Lipinski definition) is 5. The number of nitrogens with zero attached hydrogens (tertiary/aromatic N) is 2. The van der Waals surface area contributed by atoms with Gasteiger partial charge in [0.25, 0.3) is 0 Å². The van der Waals surface area contributed by atoms with E-state index in [2.05, 4.69) is 36.1 Å². The molecule has 0 aromatic heterocycles. The van der Waals surface area contributed by atoms with Crippen LogP contribution in [0.2, 0.25) is 0 Å². The molecule has 1 aromatic carbocycles. The lowest BCUT2D eigenvalue weighted by molar-refractivity contribution is -0.148. The number of fused-ring (bicyclic) bond motifs is 1. The summed E-state index contributed by atoms with van der Waals surface area (Å²) in [4.78, 5) is 16.5. The highest BCUT2D eigenvalue weighted by molar-refractivity contribution is 5.66. The van der Waals surface area contributed by atoms with Gasteiger partial charge in [-0.1, -0.05) is 32.1 Å². The molecule has 6 heteroatoms. The number of ether oxygens (including phenoxy) is 1. The van der Waals surface area contributed by atoms with Crippen molar-refractivity contribution in [3.63, 3.8) is 0 Å². The van der Waals surface area contributed by atoms with Gasteiger partial charge in [-0.2, -0.15) is 0 Å². The Kier molecular flexibility index (Phi) is 7.80. The van der Waals surface area contributed by atoms with E-state index in [1.54, 1.807) is 0 Å². The van der Waals surface area contributed by atoms with Crippen LogP contribution in [0.1, 0.15) is 46.1 Å². The second-order valence-corrected chi connectivity index (χ2v) is 10.7. The minimum atomic E-state index is -1.06. The molecule has 0 spiro atoms. The number of piperazine rings is 1. The van der Waals surface area contributed by atoms with Crippen LogP contribution >= 0.6 is 0 Å². The van der Waals surface area contributed by atoms with Crippen molar-refractivity contribution in [2.45, 2.75) is 58.8 Å². The van der Waals surface area contributed by atoms with Gasteiger partial charge in [0.15, 0.2) is 0 Å². The van der Waals surface area contributed by atoms with Crippen LogP contribution < -0.4 is 0 Å². The van der Waals surface area contributed by atoms with Crippen molar-refractivity contribution in [2.24, 2.45) is 23.7 Å². The standard InChI is InChI=1S/C28H39FN2O3/c1-19-15-26-25(10-5-21(3)28(26,33)16-27(19)34-22(4)32)20(2)17-30-11-13-31(14-12-30)18-23-6-8-24(29)9-7-23/h6-9,15,20-21,25-27,33H,5,10-14,17-18H2,1-4H3/t20-,21-,25+,26-,27-,28-/m1/s1. The van der Waals surface area contributed by atoms with Gasteiger partial charge in [0.2, 0.25) is 0 Å². The average molecular weight is 471 g/mol. The summed E-state index contributed by atoms with van der Waals surface area (Å²) >= 11 is 0. The highest BCUT2D eigenvalue weighted by Crippen LogP contribution is 2.50. The lowest BCUT2D eigenvalue weighted by atomic mass is 9.57. The van der Waals surface area contributed by atoms with Gasteiger partial charge in [-0.15, -0.1) is 0 Å². The molecule has 0 unspecified atom stereocenters. The van der Waals surface area contributed by atoms with Crippen molar-refractivity contribution in [1.29, 1.82) is 0 Å². The lowest BCUT2D eigenvalue weighted by Crippen LogP contribution is -2.57. The summed E-state index contributed by atoms with van der Waals surface area (Å²) in [5, 5.41) is 11.7. The highest BCUT2D eigenvalue weighted by atomic mass is 19.1. The number of halogens is 1. The van der Waals surface area contributed by atoms with E-state index in [1.807, 2.05) is 19.1 Å². The first-order valence-corrected chi connectivity index (χ1v) is 12.7. The fourth-order valence-corrected chi connectivity index (χ4v) is 6.13. The van der Waals surface area contributed by atoms with E-state index >= 15 is 0 Å². The Labute approximate surface area is 204 Å². The Morgan fingerprint density at radius 1 is 1.21 bits per heavy atom. The van der Waals surface area contributed by atoms with Gasteiger partial charge in [-0.3, -0.25) is 9.69 Å². The van der Waals surface area contributed by atoms with Gasteiger partial charge in [0, 0.05) is 52.1 Å². The fourth-order valence-electron chi connectivity index (χ4n) is 6.13. The monoisotopic (exact) mass is 470 g/mol. The minimum absolute atomic E-state index is 0.00202. The van der Waals surface area contributed by atoms with Crippen LogP contribution in [0.4, 0.5) is 4.39 Å². The van der Waals surface area contributed by atoms with E-state index in [0.717, 1.165) is 63.2 Å². The molecule has 1 saturated heterocycles. The molecule has 0 bridgehead atoms. The molecule has 2 radical (unpaired) electrons. The van der Waals surface area contributed by atoms with Gasteiger partial charge in [0.1, 0.15) is 11.9 Å². The topological polar surface area (TPSA) is 53.0 Å². The van der Waals surface area contributed by atoms with Gasteiger partial charge in [-0.05, 0) is 60.8 Å². The Morgan fingerprint density at radius 2 is 1.85 bits per heavy atom. The normalized spacial score (nSPS) is 33.6. The second-order valence-electron chi connectivity index (χ2n) is 10.7. The van der Waals surface area contributed by atoms with Crippen LogP contribution in [0.3, 0.4) is 0 Å². The van der Waals surface area contributed by atoms with Crippen molar-refractivity contribution < 1.29 is 19.0 Å². The molecule has 2 fully saturated rings. The summed E-state index contributed by atoms with van der Waals surface area (Å²) < 4.78 is 18.6. The van der Waals surface area contributed by atoms with E-state index in [0.29, 0.717) is 11.8 Å². The smallest absolute Gasteiger partial charge is 0.303 e. The summed E-state index contributed by atoms with van der Waals surface area (Å²) in [5.74, 6) is 0.338. The molecule has 3 aliphatic rings. The molecule has 34 heavy (non-hydrogen) atoms. The van der Waals surface area contributed by atoms with Gasteiger partial charge in [0.05, 0.1) is 12.0 Å². The molecule has 1 aromatic rings. The van der Waals surface area contributed by atoms with E-state index in [4.69, 9.17) is 4.74 Å². The van der Waals surface area contributed by atoms with E-state index in [1.165, 1.54) is 19.1 Å². The molecule has 6 atom stereocenters. The van der Waals surface area contributed by atoms with Crippen LogP contribution in [0.25, 0.3) is 0 Å². The van der Waals surface area contributed by atoms with Crippen LogP contribution in [-0.2, 0) is 16.1 Å². The van der Waals surface area contributed by atoms with Crippen molar-refractivity contribution in [3.05, 3.63) is 53.7 Å². The van der Waals surface area contributed by atoms with Crippen LogP contribution in [0.5, 0.6) is 0 Å².